The highest BCUT2D eigenvalue weighted by Crippen LogP contribution is 2.29. The lowest BCUT2D eigenvalue weighted by atomic mass is 10.1. The van der Waals surface area contributed by atoms with E-state index < -0.39 is 31.4 Å². The third kappa shape index (κ3) is 7.03. The van der Waals surface area contributed by atoms with Crippen LogP contribution in [0.3, 0.4) is 0 Å². The first kappa shape index (κ1) is 15.7. The van der Waals surface area contributed by atoms with Gasteiger partial charge in [0.05, 0.1) is 0 Å². The van der Waals surface area contributed by atoms with Crippen molar-refractivity contribution in [2.75, 3.05) is 5.75 Å². The average Bonchev–Trinajstić information content (AvgIpc) is 2.16. The number of alkyl halides is 5. The van der Waals surface area contributed by atoms with E-state index in [9.17, 15) is 26.7 Å². The van der Waals surface area contributed by atoms with E-state index in [4.69, 9.17) is 0 Å². The summed E-state index contributed by atoms with van der Waals surface area (Å²) in [6.45, 7) is 1.59. The lowest BCUT2D eigenvalue weighted by molar-refractivity contribution is -0.110. The molecule has 0 spiro atoms. The second-order valence-corrected chi connectivity index (χ2v) is 4.39. The second kappa shape index (κ2) is 7.09. The fraction of sp³-hybridized carbons (Fsp3) is 0.889. The van der Waals surface area contributed by atoms with Gasteiger partial charge in [0, 0.05) is 25.0 Å². The molecule has 7 heteroatoms. The molecule has 0 aromatic heterocycles. The summed E-state index contributed by atoms with van der Waals surface area (Å²) in [6.07, 6.45) is -8.25. The molecule has 0 aliphatic carbocycles. The van der Waals surface area contributed by atoms with Gasteiger partial charge >= 0.3 is 0 Å². The van der Waals surface area contributed by atoms with Gasteiger partial charge in [0.1, 0.15) is 0 Å². The van der Waals surface area contributed by atoms with Crippen molar-refractivity contribution < 1.29 is 26.7 Å². The van der Waals surface area contributed by atoms with Crippen LogP contribution in [0.25, 0.3) is 0 Å². The maximum absolute atomic E-state index is 12.9. The van der Waals surface area contributed by atoms with Crippen molar-refractivity contribution >= 4 is 16.9 Å². The summed E-state index contributed by atoms with van der Waals surface area (Å²) < 4.78 is 61.5. The quantitative estimate of drug-likeness (QED) is 0.652. The van der Waals surface area contributed by atoms with Crippen LogP contribution in [-0.4, -0.2) is 29.4 Å². The van der Waals surface area contributed by atoms with Crippen LogP contribution >= 0.6 is 11.8 Å². The van der Waals surface area contributed by atoms with Gasteiger partial charge in [-0.25, -0.2) is 22.0 Å². The highest BCUT2D eigenvalue weighted by atomic mass is 32.2. The van der Waals surface area contributed by atoms with Crippen LogP contribution < -0.4 is 0 Å². The monoisotopic (exact) mass is 264 g/mol. The maximum atomic E-state index is 12.9. The van der Waals surface area contributed by atoms with Gasteiger partial charge in [-0.3, -0.25) is 4.79 Å². The summed E-state index contributed by atoms with van der Waals surface area (Å²) in [5.74, 6) is -3.67. The van der Waals surface area contributed by atoms with Gasteiger partial charge in [0.2, 0.25) is 0 Å². The SMILES string of the molecule is CCC(=O)SCCC(F)(F)CC(F)C(F)F. The van der Waals surface area contributed by atoms with Crippen LogP contribution in [0.5, 0.6) is 0 Å². The molecule has 96 valence electrons. The van der Waals surface area contributed by atoms with Crippen molar-refractivity contribution in [3.8, 4) is 0 Å². The minimum absolute atomic E-state index is 0.185. The molecule has 0 rings (SSSR count). The molecule has 0 aromatic rings. The number of halogens is 5. The largest absolute Gasteiger partial charge is 0.287 e. The first-order chi connectivity index (χ1) is 7.28. The average molecular weight is 264 g/mol. The summed E-state index contributed by atoms with van der Waals surface area (Å²) in [5, 5.41) is -0.249. The van der Waals surface area contributed by atoms with Crippen LogP contribution in [0.4, 0.5) is 22.0 Å². The van der Waals surface area contributed by atoms with E-state index in [1.165, 1.54) is 0 Å². The second-order valence-electron chi connectivity index (χ2n) is 3.23. The topological polar surface area (TPSA) is 17.1 Å². The Kier molecular flexibility index (Phi) is 6.94. The summed E-state index contributed by atoms with van der Waals surface area (Å²) >= 11 is 0.710. The predicted molar refractivity (Wildman–Crippen MR) is 52.8 cm³/mol. The zero-order chi connectivity index (χ0) is 12.8. The van der Waals surface area contributed by atoms with Gasteiger partial charge in [-0.15, -0.1) is 0 Å². The third-order valence-corrected chi connectivity index (χ3v) is 2.81. The summed E-state index contributed by atoms with van der Waals surface area (Å²) in [6, 6.07) is 0. The molecule has 0 aliphatic heterocycles. The lowest BCUT2D eigenvalue weighted by Gasteiger charge is -2.17. The molecule has 0 saturated carbocycles. The molecule has 0 amide bonds. The Labute approximate surface area is 94.8 Å². The third-order valence-electron chi connectivity index (χ3n) is 1.79. The molecule has 0 aliphatic rings. The first-order valence-electron chi connectivity index (χ1n) is 4.74. The number of rotatable bonds is 7. The fourth-order valence-electron chi connectivity index (χ4n) is 0.893. The fourth-order valence-corrected chi connectivity index (χ4v) is 1.73. The minimum atomic E-state index is -3.49. The Balaban J connectivity index is 3.91. The van der Waals surface area contributed by atoms with E-state index in [-0.39, 0.29) is 17.3 Å². The molecule has 0 aromatic carbocycles. The van der Waals surface area contributed by atoms with E-state index in [1.807, 2.05) is 0 Å². The molecule has 0 bridgehead atoms. The Hall–Kier alpha value is -0.330. The van der Waals surface area contributed by atoms with Gasteiger partial charge in [0.25, 0.3) is 12.3 Å². The Morgan fingerprint density at radius 1 is 1.31 bits per heavy atom. The summed E-state index contributed by atoms with van der Waals surface area (Å²) in [4.78, 5) is 10.8. The Bertz CT molecular complexity index is 222. The number of hydrogen-bond donors (Lipinski definition) is 0. The van der Waals surface area contributed by atoms with Gasteiger partial charge < -0.3 is 0 Å². The molecule has 1 unspecified atom stereocenters. The molecular weight excluding hydrogens is 251 g/mol. The highest BCUT2D eigenvalue weighted by molar-refractivity contribution is 8.13. The van der Waals surface area contributed by atoms with Gasteiger partial charge in [-0.2, -0.15) is 0 Å². The molecule has 1 atom stereocenters. The Morgan fingerprint density at radius 2 is 1.88 bits per heavy atom. The molecule has 0 saturated heterocycles. The van der Waals surface area contributed by atoms with E-state index >= 15 is 0 Å². The standard InChI is InChI=1S/C9H13F5OS/c1-2-7(15)16-4-3-9(13,14)5-6(10)8(11)12/h6,8H,2-5H2,1H3. The minimum Gasteiger partial charge on any atom is -0.287 e. The van der Waals surface area contributed by atoms with Gasteiger partial charge in [0.15, 0.2) is 11.3 Å². The van der Waals surface area contributed by atoms with Crippen LogP contribution in [0.2, 0.25) is 0 Å². The normalized spacial score (nSPS) is 14.2. The van der Waals surface area contributed by atoms with Crippen LogP contribution in [0.15, 0.2) is 0 Å². The van der Waals surface area contributed by atoms with Crippen molar-refractivity contribution in [3.05, 3.63) is 0 Å². The number of thioether (sulfide) groups is 1. The van der Waals surface area contributed by atoms with E-state index in [2.05, 4.69) is 0 Å². The van der Waals surface area contributed by atoms with Crippen LogP contribution in [0, 0.1) is 0 Å². The van der Waals surface area contributed by atoms with Crippen molar-refractivity contribution in [1.29, 1.82) is 0 Å². The summed E-state index contributed by atoms with van der Waals surface area (Å²) in [7, 11) is 0. The molecule has 0 N–H and O–H groups in total. The van der Waals surface area contributed by atoms with Crippen molar-refractivity contribution in [3.63, 3.8) is 0 Å². The number of carbonyl (C=O) groups is 1. The molecule has 0 radical (unpaired) electrons. The molecule has 0 heterocycles. The van der Waals surface area contributed by atoms with Crippen molar-refractivity contribution in [2.24, 2.45) is 0 Å². The zero-order valence-electron chi connectivity index (χ0n) is 8.69. The van der Waals surface area contributed by atoms with E-state index in [0.717, 1.165) is 0 Å². The van der Waals surface area contributed by atoms with Gasteiger partial charge in [-0.05, 0) is 0 Å². The zero-order valence-corrected chi connectivity index (χ0v) is 9.51. The molecule has 0 fully saturated rings. The summed E-state index contributed by atoms with van der Waals surface area (Å²) in [5.41, 5.74) is 0. The smallest absolute Gasteiger partial charge is 0.269 e. The van der Waals surface area contributed by atoms with Crippen molar-refractivity contribution in [1.82, 2.24) is 0 Å². The maximum Gasteiger partial charge on any atom is 0.269 e. The van der Waals surface area contributed by atoms with Crippen molar-refractivity contribution in [2.45, 2.75) is 44.7 Å². The van der Waals surface area contributed by atoms with E-state index in [0.29, 0.717) is 11.8 Å². The lowest BCUT2D eigenvalue weighted by Crippen LogP contribution is -2.26. The molecule has 1 nitrogen and oxygen atoms in total. The highest BCUT2D eigenvalue weighted by Gasteiger charge is 2.36. The molecular formula is C9H13F5OS. The van der Waals surface area contributed by atoms with Gasteiger partial charge in [-0.1, -0.05) is 18.7 Å². The number of hydrogen-bond acceptors (Lipinski definition) is 2. The van der Waals surface area contributed by atoms with Crippen LogP contribution in [0.1, 0.15) is 26.2 Å². The van der Waals surface area contributed by atoms with E-state index in [1.54, 1.807) is 6.92 Å². The Morgan fingerprint density at radius 3 is 2.31 bits per heavy atom. The first-order valence-corrected chi connectivity index (χ1v) is 5.72. The van der Waals surface area contributed by atoms with Crippen LogP contribution in [-0.2, 0) is 4.79 Å². The number of carbonyl (C=O) groups excluding carboxylic acids is 1. The predicted octanol–water partition coefficient (Wildman–Crippen LogP) is 3.67. The molecule has 16 heavy (non-hydrogen) atoms.